The number of hydrogen-bond acceptors (Lipinski definition) is 5. The summed E-state index contributed by atoms with van der Waals surface area (Å²) >= 11 is 0. The second-order valence-corrected chi connectivity index (χ2v) is 6.93. The summed E-state index contributed by atoms with van der Waals surface area (Å²) in [6.45, 7) is 0. The van der Waals surface area contributed by atoms with Crippen molar-refractivity contribution in [2.45, 2.75) is 6.04 Å². The maximum Gasteiger partial charge on any atom is 0.295 e. The molecule has 0 bridgehead atoms. The molecule has 7 nitrogen and oxygen atoms in total. The van der Waals surface area contributed by atoms with Crippen LogP contribution < -0.4 is 10.3 Å². The van der Waals surface area contributed by atoms with E-state index in [0.717, 1.165) is 0 Å². The summed E-state index contributed by atoms with van der Waals surface area (Å²) in [5.41, 5.74) is 1.39. The Hall–Kier alpha value is -4.26. The lowest BCUT2D eigenvalue weighted by atomic mass is 9.98. The van der Waals surface area contributed by atoms with Crippen molar-refractivity contribution in [1.82, 2.24) is 0 Å². The third kappa shape index (κ3) is 2.60. The number of carbonyl (C=O) groups is 1. The van der Waals surface area contributed by atoms with Gasteiger partial charge in [0.2, 0.25) is 5.76 Å². The highest BCUT2D eigenvalue weighted by Crippen LogP contribution is 2.41. The van der Waals surface area contributed by atoms with E-state index in [9.17, 15) is 19.7 Å². The van der Waals surface area contributed by atoms with Gasteiger partial charge in [0, 0.05) is 17.8 Å². The summed E-state index contributed by atoms with van der Waals surface area (Å²) in [7, 11) is 0. The molecule has 4 aromatic rings. The summed E-state index contributed by atoms with van der Waals surface area (Å²) < 4.78 is 5.86. The van der Waals surface area contributed by atoms with Crippen LogP contribution in [0.3, 0.4) is 0 Å². The lowest BCUT2D eigenvalue weighted by molar-refractivity contribution is -0.384. The van der Waals surface area contributed by atoms with Gasteiger partial charge in [0.1, 0.15) is 5.58 Å². The number of amides is 1. The second-order valence-electron chi connectivity index (χ2n) is 6.93. The minimum Gasteiger partial charge on any atom is -0.450 e. The molecule has 146 valence electrons. The van der Waals surface area contributed by atoms with Crippen LogP contribution in [0, 0.1) is 10.1 Å². The van der Waals surface area contributed by atoms with Crippen LogP contribution in [0.15, 0.2) is 88.1 Å². The highest BCUT2D eigenvalue weighted by atomic mass is 16.6. The van der Waals surface area contributed by atoms with Gasteiger partial charge < -0.3 is 4.42 Å². The quantitative estimate of drug-likeness (QED) is 0.375. The van der Waals surface area contributed by atoms with E-state index in [4.69, 9.17) is 4.42 Å². The van der Waals surface area contributed by atoms with Crippen LogP contribution in [0.25, 0.3) is 11.0 Å². The van der Waals surface area contributed by atoms with Gasteiger partial charge in [-0.15, -0.1) is 0 Å². The van der Waals surface area contributed by atoms with Crippen molar-refractivity contribution in [3.05, 3.63) is 116 Å². The summed E-state index contributed by atoms with van der Waals surface area (Å²) in [6, 6.07) is 20.8. The Morgan fingerprint density at radius 1 is 0.867 bits per heavy atom. The number of carbonyl (C=O) groups excluding carboxylic acids is 1. The molecule has 30 heavy (non-hydrogen) atoms. The summed E-state index contributed by atoms with van der Waals surface area (Å²) in [5, 5.41) is 11.4. The summed E-state index contributed by atoms with van der Waals surface area (Å²) in [5.74, 6) is -0.437. The number of nitro groups is 1. The molecule has 0 radical (unpaired) electrons. The molecule has 0 saturated heterocycles. The smallest absolute Gasteiger partial charge is 0.295 e. The lowest BCUT2D eigenvalue weighted by Crippen LogP contribution is -2.29. The van der Waals surface area contributed by atoms with Crippen molar-refractivity contribution in [2.75, 3.05) is 4.90 Å². The predicted molar refractivity (Wildman–Crippen MR) is 111 cm³/mol. The number of para-hydroxylation sites is 2. The van der Waals surface area contributed by atoms with E-state index in [-0.39, 0.29) is 22.4 Å². The molecule has 0 fully saturated rings. The van der Waals surface area contributed by atoms with Crippen molar-refractivity contribution >= 4 is 28.3 Å². The zero-order chi connectivity index (χ0) is 20.8. The second kappa shape index (κ2) is 6.66. The first-order valence-electron chi connectivity index (χ1n) is 9.25. The highest BCUT2D eigenvalue weighted by molar-refractivity contribution is 6.10. The van der Waals surface area contributed by atoms with Gasteiger partial charge in [-0.05, 0) is 42.0 Å². The molecular formula is C23H14N2O5. The minimum absolute atomic E-state index is 0.00842. The topological polar surface area (TPSA) is 93.7 Å². The summed E-state index contributed by atoms with van der Waals surface area (Å²) in [4.78, 5) is 38.7. The Bertz CT molecular complexity index is 1360. The number of fused-ring (bicyclic) bond motifs is 2. The number of non-ortho nitro benzene ring substituents is 1. The first-order valence-corrected chi connectivity index (χ1v) is 9.25. The maximum absolute atomic E-state index is 13.4. The number of benzene rings is 3. The highest BCUT2D eigenvalue weighted by Gasteiger charge is 2.43. The number of nitrogens with zero attached hydrogens (tertiary/aromatic N) is 2. The van der Waals surface area contributed by atoms with Crippen LogP contribution >= 0.6 is 0 Å². The Morgan fingerprint density at radius 3 is 2.23 bits per heavy atom. The monoisotopic (exact) mass is 398 g/mol. The SMILES string of the molecule is O=C1c2oc3ccccc3c(=O)c2C(c2ccc([N+](=O)[O-])cc2)N1c1ccccc1. The molecule has 0 N–H and O–H groups in total. The van der Waals surface area contributed by atoms with Gasteiger partial charge >= 0.3 is 0 Å². The number of nitro benzene ring substituents is 1. The number of rotatable bonds is 3. The normalized spacial score (nSPS) is 15.4. The van der Waals surface area contributed by atoms with Crippen LogP contribution in [0.1, 0.15) is 27.7 Å². The van der Waals surface area contributed by atoms with Crippen molar-refractivity contribution in [2.24, 2.45) is 0 Å². The third-order valence-corrected chi connectivity index (χ3v) is 5.23. The molecule has 1 aliphatic rings. The number of anilines is 1. The first kappa shape index (κ1) is 17.8. The van der Waals surface area contributed by atoms with Gasteiger partial charge in [-0.25, -0.2) is 0 Å². The molecule has 0 aliphatic carbocycles. The van der Waals surface area contributed by atoms with Gasteiger partial charge in [-0.3, -0.25) is 24.6 Å². The van der Waals surface area contributed by atoms with Crippen molar-refractivity contribution in [3.63, 3.8) is 0 Å². The minimum atomic E-state index is -0.753. The molecule has 5 rings (SSSR count). The zero-order valence-electron chi connectivity index (χ0n) is 15.5. The molecule has 1 amide bonds. The molecule has 7 heteroatoms. The van der Waals surface area contributed by atoms with E-state index in [1.54, 1.807) is 60.7 Å². The van der Waals surface area contributed by atoms with Gasteiger partial charge in [0.15, 0.2) is 5.43 Å². The molecule has 3 aromatic carbocycles. The molecule has 0 spiro atoms. The zero-order valence-corrected chi connectivity index (χ0v) is 15.5. The molecular weight excluding hydrogens is 384 g/mol. The van der Waals surface area contributed by atoms with E-state index in [0.29, 0.717) is 22.2 Å². The van der Waals surface area contributed by atoms with Gasteiger partial charge in [-0.1, -0.05) is 30.3 Å². The van der Waals surface area contributed by atoms with Gasteiger partial charge in [0.05, 0.1) is 21.9 Å². The molecule has 1 aliphatic heterocycles. The van der Waals surface area contributed by atoms with Crippen LogP contribution in [-0.4, -0.2) is 10.8 Å². The number of hydrogen-bond donors (Lipinski definition) is 0. The van der Waals surface area contributed by atoms with Crippen LogP contribution in [0.2, 0.25) is 0 Å². The molecule has 2 heterocycles. The first-order chi connectivity index (χ1) is 14.6. The summed E-state index contributed by atoms with van der Waals surface area (Å²) in [6.07, 6.45) is 0. The average molecular weight is 398 g/mol. The molecule has 0 saturated carbocycles. The van der Waals surface area contributed by atoms with Crippen LogP contribution in [-0.2, 0) is 0 Å². The Kier molecular flexibility index (Phi) is 3.96. The maximum atomic E-state index is 13.4. The Balaban J connectivity index is 1.79. The largest absolute Gasteiger partial charge is 0.450 e. The van der Waals surface area contributed by atoms with Gasteiger partial charge in [0.25, 0.3) is 11.6 Å². The Morgan fingerprint density at radius 2 is 1.53 bits per heavy atom. The fraction of sp³-hybridized carbons (Fsp3) is 0.0435. The van der Waals surface area contributed by atoms with Crippen molar-refractivity contribution < 1.29 is 14.1 Å². The van der Waals surface area contributed by atoms with Crippen molar-refractivity contribution in [1.29, 1.82) is 0 Å². The van der Waals surface area contributed by atoms with Crippen LogP contribution in [0.4, 0.5) is 11.4 Å². The van der Waals surface area contributed by atoms with E-state index >= 15 is 0 Å². The molecule has 1 aromatic heterocycles. The lowest BCUT2D eigenvalue weighted by Gasteiger charge is -2.25. The van der Waals surface area contributed by atoms with E-state index in [2.05, 4.69) is 0 Å². The van der Waals surface area contributed by atoms with E-state index in [1.165, 1.54) is 17.0 Å². The average Bonchev–Trinajstić information content (AvgIpc) is 3.07. The third-order valence-electron chi connectivity index (χ3n) is 5.23. The van der Waals surface area contributed by atoms with Crippen molar-refractivity contribution in [3.8, 4) is 0 Å². The molecule has 1 atom stereocenters. The standard InChI is InChI=1S/C23H14N2O5/c26-21-17-8-4-5-9-18(17)30-22-19(21)20(14-10-12-16(13-11-14)25(28)29)24(23(22)27)15-6-2-1-3-7-15/h1-13,20H. The fourth-order valence-corrected chi connectivity index (χ4v) is 3.87. The predicted octanol–water partition coefficient (Wildman–Crippen LogP) is 4.45. The molecule has 1 unspecified atom stereocenters. The van der Waals surface area contributed by atoms with E-state index in [1.807, 2.05) is 6.07 Å². The fourth-order valence-electron chi connectivity index (χ4n) is 3.87. The Labute approximate surface area is 169 Å². The van der Waals surface area contributed by atoms with Gasteiger partial charge in [-0.2, -0.15) is 0 Å². The van der Waals surface area contributed by atoms with Crippen LogP contribution in [0.5, 0.6) is 0 Å². The van der Waals surface area contributed by atoms with E-state index < -0.39 is 16.9 Å².